The van der Waals surface area contributed by atoms with E-state index < -0.39 is 5.41 Å². The van der Waals surface area contributed by atoms with Crippen molar-refractivity contribution in [1.29, 1.82) is 0 Å². The number of rotatable bonds is 4. The van der Waals surface area contributed by atoms with Crippen molar-refractivity contribution in [1.82, 2.24) is 4.98 Å². The lowest BCUT2D eigenvalue weighted by atomic mass is 9.79. The third-order valence-electron chi connectivity index (χ3n) is 6.97. The Hall–Kier alpha value is -2.69. The van der Waals surface area contributed by atoms with Gasteiger partial charge in [0.1, 0.15) is 5.82 Å². The number of amides is 2. The zero-order valence-corrected chi connectivity index (χ0v) is 16.7. The zero-order valence-electron chi connectivity index (χ0n) is 16.7. The van der Waals surface area contributed by atoms with Crippen LogP contribution in [0, 0.1) is 5.92 Å². The van der Waals surface area contributed by atoms with Crippen molar-refractivity contribution in [2.75, 3.05) is 10.6 Å². The predicted molar refractivity (Wildman–Crippen MR) is 113 cm³/mol. The summed E-state index contributed by atoms with van der Waals surface area (Å²) in [5.74, 6) is 1.52. The number of carbonyl (C=O) groups excluding carboxylic acids is 2. The number of nitrogens with zero attached hydrogens (tertiary/aromatic N) is 1. The molecule has 1 saturated carbocycles. The van der Waals surface area contributed by atoms with Crippen LogP contribution in [-0.2, 0) is 27.8 Å². The summed E-state index contributed by atoms with van der Waals surface area (Å²) >= 11 is 0. The number of benzene rings is 1. The first-order valence-corrected chi connectivity index (χ1v) is 10.8. The molecule has 29 heavy (non-hydrogen) atoms. The molecule has 150 valence electrons. The molecular weight excluding hydrogens is 362 g/mol. The highest BCUT2D eigenvalue weighted by Crippen LogP contribution is 2.46. The minimum absolute atomic E-state index is 0.0282. The van der Waals surface area contributed by atoms with Crippen LogP contribution in [0.4, 0.5) is 11.5 Å². The Morgan fingerprint density at radius 1 is 1.14 bits per heavy atom. The monoisotopic (exact) mass is 389 g/mol. The van der Waals surface area contributed by atoms with Gasteiger partial charge in [0.05, 0.1) is 5.41 Å². The summed E-state index contributed by atoms with van der Waals surface area (Å²) in [6, 6.07) is 9.96. The highest BCUT2D eigenvalue weighted by molar-refractivity contribution is 6.06. The Morgan fingerprint density at radius 3 is 2.83 bits per heavy atom. The molecule has 2 heterocycles. The summed E-state index contributed by atoms with van der Waals surface area (Å²) in [4.78, 5) is 29.6. The van der Waals surface area contributed by atoms with E-state index in [1.54, 1.807) is 6.20 Å². The van der Waals surface area contributed by atoms with Crippen LogP contribution in [0.5, 0.6) is 0 Å². The number of hydrogen-bond donors (Lipinski definition) is 2. The van der Waals surface area contributed by atoms with E-state index in [-0.39, 0.29) is 11.8 Å². The SMILES string of the molecule is O=C(CCC1CCCCC1)Nc1ccc2c(c1)CC1(C2)C(=O)Nc2ncccc21. The molecule has 0 radical (unpaired) electrons. The molecule has 0 bridgehead atoms. The van der Waals surface area contributed by atoms with Crippen LogP contribution in [0.1, 0.15) is 61.6 Å². The van der Waals surface area contributed by atoms with Crippen LogP contribution in [0.2, 0.25) is 0 Å². The number of pyridine rings is 1. The predicted octanol–water partition coefficient (Wildman–Crippen LogP) is 4.37. The molecule has 2 aliphatic carbocycles. The van der Waals surface area contributed by atoms with Crippen LogP contribution in [0.3, 0.4) is 0 Å². The van der Waals surface area contributed by atoms with Crippen molar-refractivity contribution in [2.24, 2.45) is 5.92 Å². The van der Waals surface area contributed by atoms with Crippen molar-refractivity contribution in [3.8, 4) is 0 Å². The van der Waals surface area contributed by atoms with Gasteiger partial charge in [-0.1, -0.05) is 44.2 Å². The minimum atomic E-state index is -0.560. The average Bonchev–Trinajstić information content (AvgIpc) is 3.25. The lowest BCUT2D eigenvalue weighted by Gasteiger charge is -2.21. The van der Waals surface area contributed by atoms with Gasteiger partial charge in [-0.25, -0.2) is 4.98 Å². The first kappa shape index (κ1) is 18.3. The quantitative estimate of drug-likeness (QED) is 0.816. The molecule has 1 fully saturated rings. The summed E-state index contributed by atoms with van der Waals surface area (Å²) in [6.07, 6.45) is 11.1. The lowest BCUT2D eigenvalue weighted by molar-refractivity contribution is -0.120. The van der Waals surface area contributed by atoms with Gasteiger partial charge in [0.15, 0.2) is 0 Å². The van der Waals surface area contributed by atoms with E-state index in [0.29, 0.717) is 31.0 Å². The standard InChI is InChI=1S/C24H27N3O2/c28-21(11-8-16-5-2-1-3-6-16)26-19-10-9-17-14-24(15-18(17)13-19)20-7-4-12-25-22(20)27-23(24)29/h4,7,9-10,12-13,16H,1-3,5-6,8,11,14-15H2,(H,26,28)(H,25,27,29). The third kappa shape index (κ3) is 3.33. The van der Waals surface area contributed by atoms with Crippen LogP contribution in [-0.4, -0.2) is 16.8 Å². The molecule has 1 aromatic heterocycles. The number of nitrogens with one attached hydrogen (secondary N) is 2. The molecule has 1 spiro atoms. The number of fused-ring (bicyclic) bond motifs is 3. The second kappa shape index (κ2) is 7.29. The Bertz CT molecular complexity index is 964. The maximum absolute atomic E-state index is 12.8. The highest BCUT2D eigenvalue weighted by Gasteiger charge is 2.51. The number of hydrogen-bond acceptors (Lipinski definition) is 3. The molecule has 2 aromatic rings. The smallest absolute Gasteiger partial charge is 0.237 e. The minimum Gasteiger partial charge on any atom is -0.326 e. The molecule has 5 rings (SSSR count). The maximum Gasteiger partial charge on any atom is 0.237 e. The fourth-order valence-electron chi connectivity index (χ4n) is 5.38. The summed E-state index contributed by atoms with van der Waals surface area (Å²) in [7, 11) is 0. The van der Waals surface area contributed by atoms with Crippen molar-refractivity contribution in [3.05, 3.63) is 53.2 Å². The second-order valence-corrected chi connectivity index (χ2v) is 8.86. The fourth-order valence-corrected chi connectivity index (χ4v) is 5.38. The van der Waals surface area contributed by atoms with Gasteiger partial charge in [0.25, 0.3) is 0 Å². The van der Waals surface area contributed by atoms with Gasteiger partial charge in [-0.2, -0.15) is 0 Å². The van der Waals surface area contributed by atoms with Gasteiger partial charge < -0.3 is 10.6 Å². The summed E-state index contributed by atoms with van der Waals surface area (Å²) in [5.41, 5.74) is 3.58. The summed E-state index contributed by atoms with van der Waals surface area (Å²) < 4.78 is 0. The van der Waals surface area contributed by atoms with E-state index in [4.69, 9.17) is 0 Å². The van der Waals surface area contributed by atoms with E-state index in [1.807, 2.05) is 24.3 Å². The Balaban J connectivity index is 1.27. The first-order chi connectivity index (χ1) is 14.1. The van der Waals surface area contributed by atoms with Crippen molar-refractivity contribution in [3.63, 3.8) is 0 Å². The van der Waals surface area contributed by atoms with Gasteiger partial charge in [-0.05, 0) is 54.5 Å². The molecule has 1 unspecified atom stereocenters. The van der Waals surface area contributed by atoms with Crippen LogP contribution < -0.4 is 10.6 Å². The van der Waals surface area contributed by atoms with Gasteiger partial charge in [0.2, 0.25) is 11.8 Å². The van der Waals surface area contributed by atoms with E-state index >= 15 is 0 Å². The largest absolute Gasteiger partial charge is 0.326 e. The van der Waals surface area contributed by atoms with Crippen molar-refractivity contribution >= 4 is 23.3 Å². The molecule has 3 aliphatic rings. The number of anilines is 2. The van der Waals surface area contributed by atoms with Crippen molar-refractivity contribution < 1.29 is 9.59 Å². The molecule has 5 nitrogen and oxygen atoms in total. The molecule has 2 amide bonds. The van der Waals surface area contributed by atoms with Crippen LogP contribution in [0.25, 0.3) is 0 Å². The lowest BCUT2D eigenvalue weighted by Crippen LogP contribution is -2.35. The van der Waals surface area contributed by atoms with Crippen LogP contribution in [0.15, 0.2) is 36.5 Å². The summed E-state index contributed by atoms with van der Waals surface area (Å²) in [6.45, 7) is 0. The number of carbonyl (C=O) groups is 2. The molecule has 1 aliphatic heterocycles. The maximum atomic E-state index is 12.8. The summed E-state index contributed by atoms with van der Waals surface area (Å²) in [5, 5.41) is 6.01. The molecule has 2 N–H and O–H groups in total. The van der Waals surface area contributed by atoms with Crippen molar-refractivity contribution in [2.45, 2.75) is 63.2 Å². The average molecular weight is 389 g/mol. The molecule has 1 aromatic carbocycles. The van der Waals surface area contributed by atoms with E-state index in [0.717, 1.165) is 23.2 Å². The molecule has 0 saturated heterocycles. The number of aromatic nitrogens is 1. The third-order valence-corrected chi connectivity index (χ3v) is 6.97. The van der Waals surface area contributed by atoms with E-state index in [1.165, 1.54) is 37.7 Å². The second-order valence-electron chi connectivity index (χ2n) is 8.86. The van der Waals surface area contributed by atoms with Gasteiger partial charge in [-0.3, -0.25) is 9.59 Å². The normalized spacial score (nSPS) is 23.0. The van der Waals surface area contributed by atoms with E-state index in [2.05, 4.69) is 21.7 Å². The molecule has 5 heteroatoms. The van der Waals surface area contributed by atoms with E-state index in [9.17, 15) is 9.59 Å². The molecule has 1 atom stereocenters. The zero-order chi connectivity index (χ0) is 19.8. The Labute approximate surface area is 171 Å². The van der Waals surface area contributed by atoms with Gasteiger partial charge in [-0.15, -0.1) is 0 Å². The van der Waals surface area contributed by atoms with Gasteiger partial charge >= 0.3 is 0 Å². The van der Waals surface area contributed by atoms with Gasteiger partial charge in [0, 0.05) is 23.9 Å². The fraction of sp³-hybridized carbons (Fsp3) is 0.458. The Morgan fingerprint density at radius 2 is 1.97 bits per heavy atom. The Kier molecular flexibility index (Phi) is 4.61. The topological polar surface area (TPSA) is 71.1 Å². The van der Waals surface area contributed by atoms with Crippen LogP contribution >= 0.6 is 0 Å². The molecular formula is C24H27N3O2. The highest BCUT2D eigenvalue weighted by atomic mass is 16.2. The first-order valence-electron chi connectivity index (χ1n) is 10.8.